The molecule has 0 aliphatic heterocycles. The zero-order chi connectivity index (χ0) is 25.2. The minimum Gasteiger partial charge on any atom is -0.299 e. The Labute approximate surface area is 208 Å². The lowest BCUT2D eigenvalue weighted by Gasteiger charge is -2.48. The lowest BCUT2D eigenvalue weighted by atomic mass is 9.56. The molecule has 3 atom stereocenters. The number of rotatable bonds is 2. The number of carbonyl (C=O) groups excluding carboxylic acids is 1. The summed E-state index contributed by atoms with van der Waals surface area (Å²) in [6.07, 6.45) is 2.72. The summed E-state index contributed by atoms with van der Waals surface area (Å²) in [6, 6.07) is 13.4. The second-order valence-electron chi connectivity index (χ2n) is 10.5. The maximum absolute atomic E-state index is 15.1. The highest BCUT2D eigenvalue weighted by atomic mass is 19.1. The Morgan fingerprint density at radius 1 is 0.944 bits per heavy atom. The predicted molar refractivity (Wildman–Crippen MR) is 135 cm³/mol. The van der Waals surface area contributed by atoms with Gasteiger partial charge in [-0.1, -0.05) is 38.1 Å². The van der Waals surface area contributed by atoms with E-state index in [1.807, 2.05) is 32.0 Å². The monoisotopic (exact) mass is 483 g/mol. The third-order valence-corrected chi connectivity index (χ3v) is 8.36. The molecule has 2 aromatic carbocycles. The molecule has 2 heterocycles. The van der Waals surface area contributed by atoms with Crippen molar-refractivity contribution in [2.24, 2.45) is 11.8 Å². The van der Waals surface area contributed by atoms with Gasteiger partial charge in [0.1, 0.15) is 22.9 Å². The number of para-hydroxylation sites is 1. The van der Waals surface area contributed by atoms with Crippen LogP contribution >= 0.6 is 0 Å². The third-order valence-electron chi connectivity index (χ3n) is 8.36. The van der Waals surface area contributed by atoms with Crippen LogP contribution in [-0.4, -0.2) is 20.7 Å². The first-order valence-electron chi connectivity index (χ1n) is 12.5. The molecule has 1 fully saturated rings. The van der Waals surface area contributed by atoms with Crippen molar-refractivity contribution in [2.45, 2.75) is 51.9 Å². The van der Waals surface area contributed by atoms with Gasteiger partial charge >= 0.3 is 0 Å². The Hall–Kier alpha value is -3.54. The fourth-order valence-corrected chi connectivity index (χ4v) is 6.45. The predicted octanol–water partition coefficient (Wildman–Crippen LogP) is 6.76. The van der Waals surface area contributed by atoms with Gasteiger partial charge in [-0.2, -0.15) is 0 Å². The maximum atomic E-state index is 15.1. The SMILES string of the molecule is Cc1cc(-c2nc(-c3ccccc3F)c3c(n2)[C@]2(C)CCC(=O)[C@H](C)[C@H]2CC3)c2cccc(F)c2n1. The fraction of sp³-hybridized carbons (Fsp3) is 0.333. The number of benzene rings is 2. The molecule has 1 saturated carbocycles. The molecule has 0 bridgehead atoms. The first-order chi connectivity index (χ1) is 17.3. The van der Waals surface area contributed by atoms with Gasteiger partial charge in [0.05, 0.1) is 11.4 Å². The average Bonchev–Trinajstić information content (AvgIpc) is 2.86. The average molecular weight is 484 g/mol. The Morgan fingerprint density at radius 2 is 1.72 bits per heavy atom. The van der Waals surface area contributed by atoms with Crippen molar-refractivity contribution >= 4 is 16.7 Å². The van der Waals surface area contributed by atoms with Gasteiger partial charge < -0.3 is 0 Å². The Kier molecular flexibility index (Phi) is 5.25. The molecule has 2 aliphatic carbocycles. The van der Waals surface area contributed by atoms with Crippen molar-refractivity contribution in [2.75, 3.05) is 0 Å². The van der Waals surface area contributed by atoms with E-state index in [4.69, 9.17) is 9.97 Å². The number of pyridine rings is 1. The van der Waals surface area contributed by atoms with Gasteiger partial charge in [0, 0.05) is 45.5 Å². The fourth-order valence-electron chi connectivity index (χ4n) is 6.45. The molecular weight excluding hydrogens is 456 g/mol. The van der Waals surface area contributed by atoms with Crippen LogP contribution < -0.4 is 0 Å². The van der Waals surface area contributed by atoms with E-state index >= 15 is 4.39 Å². The lowest BCUT2D eigenvalue weighted by molar-refractivity contribution is -0.128. The number of hydrogen-bond acceptors (Lipinski definition) is 4. The minimum absolute atomic E-state index is 0.0506. The van der Waals surface area contributed by atoms with Crippen LogP contribution in [0.1, 0.15) is 50.1 Å². The molecule has 4 aromatic rings. The summed E-state index contributed by atoms with van der Waals surface area (Å²) in [7, 11) is 0. The van der Waals surface area contributed by atoms with E-state index in [1.165, 1.54) is 12.1 Å². The molecule has 0 unspecified atom stereocenters. The van der Waals surface area contributed by atoms with Crippen LogP contribution in [0, 0.1) is 30.4 Å². The van der Waals surface area contributed by atoms with Gasteiger partial charge in [-0.3, -0.25) is 4.79 Å². The van der Waals surface area contributed by atoms with Gasteiger partial charge in [0.25, 0.3) is 0 Å². The lowest BCUT2D eigenvalue weighted by Crippen LogP contribution is -2.47. The number of fused-ring (bicyclic) bond motifs is 4. The Morgan fingerprint density at radius 3 is 2.53 bits per heavy atom. The van der Waals surface area contributed by atoms with E-state index in [-0.39, 0.29) is 28.6 Å². The molecule has 6 heteroatoms. The van der Waals surface area contributed by atoms with E-state index < -0.39 is 5.82 Å². The Balaban J connectivity index is 1.68. The van der Waals surface area contributed by atoms with Gasteiger partial charge in [0.15, 0.2) is 5.82 Å². The van der Waals surface area contributed by atoms with Gasteiger partial charge in [-0.05, 0) is 56.4 Å². The first kappa shape index (κ1) is 22.9. The minimum atomic E-state index is -0.406. The molecule has 0 amide bonds. The Bertz CT molecular complexity index is 1550. The third kappa shape index (κ3) is 3.38. The van der Waals surface area contributed by atoms with Crippen molar-refractivity contribution < 1.29 is 13.6 Å². The van der Waals surface area contributed by atoms with Crippen molar-refractivity contribution in [1.82, 2.24) is 15.0 Å². The summed E-state index contributed by atoms with van der Waals surface area (Å²) in [4.78, 5) is 27.1. The zero-order valence-electron chi connectivity index (χ0n) is 20.6. The molecule has 0 radical (unpaired) electrons. The largest absolute Gasteiger partial charge is 0.299 e. The molecule has 2 aliphatic rings. The van der Waals surface area contributed by atoms with Crippen molar-refractivity contribution in [3.05, 3.63) is 77.1 Å². The summed E-state index contributed by atoms with van der Waals surface area (Å²) in [5, 5.41) is 0.615. The maximum Gasteiger partial charge on any atom is 0.160 e. The molecule has 0 N–H and O–H groups in total. The van der Waals surface area contributed by atoms with Gasteiger partial charge in [-0.15, -0.1) is 0 Å². The van der Waals surface area contributed by atoms with E-state index in [1.54, 1.807) is 18.2 Å². The normalized spacial score (nSPS) is 23.4. The topological polar surface area (TPSA) is 55.7 Å². The number of halogens is 2. The van der Waals surface area contributed by atoms with Crippen LogP contribution in [-0.2, 0) is 16.6 Å². The molecule has 6 rings (SSSR count). The van der Waals surface area contributed by atoms with Crippen LogP contribution in [0.2, 0.25) is 0 Å². The summed E-state index contributed by atoms with van der Waals surface area (Å²) in [6.45, 7) is 6.03. The standard InChI is InChI=1S/C30H27F2N3O/c1-16-15-21(18-8-6-10-24(32)27(18)33-16)29-34-26(19-7-4-5-9-23(19)31)20-11-12-22-17(2)25(36)13-14-30(22,3)28(20)35-29/h4-10,15,17,22H,11-14H2,1-3H3/t17-,22-,30-/m1/s1. The number of hydrogen-bond donors (Lipinski definition) is 0. The van der Waals surface area contributed by atoms with Crippen molar-refractivity contribution in [1.29, 1.82) is 0 Å². The van der Waals surface area contributed by atoms with Gasteiger partial charge in [-0.25, -0.2) is 23.7 Å². The van der Waals surface area contributed by atoms with Crippen LogP contribution in [0.15, 0.2) is 48.5 Å². The summed E-state index contributed by atoms with van der Waals surface area (Å²) in [5.74, 6) is 0.0958. The van der Waals surface area contributed by atoms with Gasteiger partial charge in [0.2, 0.25) is 0 Å². The van der Waals surface area contributed by atoms with Crippen LogP contribution in [0.3, 0.4) is 0 Å². The van der Waals surface area contributed by atoms with Crippen LogP contribution in [0.5, 0.6) is 0 Å². The molecular formula is C30H27F2N3O. The number of aryl methyl sites for hydroxylation is 1. The molecule has 182 valence electrons. The van der Waals surface area contributed by atoms with Crippen molar-refractivity contribution in [3.8, 4) is 22.6 Å². The number of aromatic nitrogens is 3. The van der Waals surface area contributed by atoms with E-state index in [0.717, 1.165) is 17.7 Å². The number of nitrogens with zero attached hydrogens (tertiary/aromatic N) is 3. The highest BCUT2D eigenvalue weighted by molar-refractivity contribution is 5.93. The highest BCUT2D eigenvalue weighted by Crippen LogP contribution is 2.52. The number of carbonyl (C=O) groups is 1. The second kappa shape index (κ2) is 8.26. The first-order valence-corrected chi connectivity index (χ1v) is 12.5. The molecule has 36 heavy (non-hydrogen) atoms. The highest BCUT2D eigenvalue weighted by Gasteiger charge is 2.49. The number of ketones is 1. The summed E-state index contributed by atoms with van der Waals surface area (Å²) >= 11 is 0. The van der Waals surface area contributed by atoms with Crippen molar-refractivity contribution in [3.63, 3.8) is 0 Å². The molecule has 0 spiro atoms. The van der Waals surface area contributed by atoms with E-state index in [2.05, 4.69) is 11.9 Å². The summed E-state index contributed by atoms with van der Waals surface area (Å²) in [5.41, 5.74) is 4.10. The zero-order valence-corrected chi connectivity index (χ0v) is 20.6. The molecule has 4 nitrogen and oxygen atoms in total. The quantitative estimate of drug-likeness (QED) is 0.316. The smallest absolute Gasteiger partial charge is 0.160 e. The van der Waals surface area contributed by atoms with Crippen LogP contribution in [0.25, 0.3) is 33.5 Å². The second-order valence-corrected chi connectivity index (χ2v) is 10.5. The van der Waals surface area contributed by atoms with E-state index in [9.17, 15) is 9.18 Å². The van der Waals surface area contributed by atoms with Crippen LogP contribution in [0.4, 0.5) is 8.78 Å². The summed E-state index contributed by atoms with van der Waals surface area (Å²) < 4.78 is 29.8. The van der Waals surface area contributed by atoms with E-state index in [0.29, 0.717) is 58.8 Å². The number of Topliss-reactive ketones (excluding diaryl/α,β-unsaturated/α-hetero) is 1. The molecule has 0 saturated heterocycles. The molecule has 2 aromatic heterocycles.